The van der Waals surface area contributed by atoms with E-state index in [1.807, 2.05) is 30.7 Å². The molecule has 0 N–H and O–H groups in total. The Morgan fingerprint density at radius 2 is 1.71 bits per heavy atom. The van der Waals surface area contributed by atoms with E-state index in [1.165, 1.54) is 15.8 Å². The first-order valence-electron chi connectivity index (χ1n) is 10.8. The van der Waals surface area contributed by atoms with Gasteiger partial charge in [0.15, 0.2) is 0 Å². The maximum atomic E-state index is 13.3. The number of thiazole rings is 1. The van der Waals surface area contributed by atoms with Crippen LogP contribution in [0.1, 0.15) is 12.6 Å². The summed E-state index contributed by atoms with van der Waals surface area (Å²) in [6.45, 7) is 2.67. The lowest BCUT2D eigenvalue weighted by Crippen LogP contribution is -2.35. The molecule has 0 amide bonds. The smallest absolute Gasteiger partial charge is 0.271 e. The monoisotopic (exact) mass is 527 g/mol. The molecule has 7 nitrogen and oxygen atoms in total. The van der Waals surface area contributed by atoms with Crippen LogP contribution in [0.5, 0.6) is 0 Å². The first-order valence-corrected chi connectivity index (χ1v) is 14.3. The number of benzene rings is 2. The van der Waals surface area contributed by atoms with Gasteiger partial charge in [-0.1, -0.05) is 36.0 Å². The third-order valence-corrected chi connectivity index (χ3v) is 8.04. The zero-order valence-corrected chi connectivity index (χ0v) is 22.2. The molecular weight excluding hydrogens is 502 g/mol. The molecule has 5 rings (SSSR count). The van der Waals surface area contributed by atoms with E-state index in [9.17, 15) is 4.79 Å². The highest BCUT2D eigenvalue weighted by Gasteiger charge is 2.24. The van der Waals surface area contributed by atoms with E-state index in [2.05, 4.69) is 71.1 Å². The van der Waals surface area contributed by atoms with Crippen molar-refractivity contribution in [2.24, 2.45) is 7.05 Å². The van der Waals surface area contributed by atoms with Gasteiger partial charge >= 0.3 is 0 Å². The lowest BCUT2D eigenvalue weighted by Gasteiger charge is -2.11. The van der Waals surface area contributed by atoms with Crippen LogP contribution in [0.4, 0.5) is 5.69 Å². The zero-order chi connectivity index (χ0) is 25.3. The quantitative estimate of drug-likeness (QED) is 0.294. The van der Waals surface area contributed by atoms with E-state index in [0.717, 1.165) is 25.6 Å². The molecule has 4 aromatic rings. The lowest BCUT2D eigenvalue weighted by atomic mass is 10.2. The van der Waals surface area contributed by atoms with Crippen molar-refractivity contribution in [3.05, 3.63) is 85.9 Å². The molecule has 35 heavy (non-hydrogen) atoms. The minimum atomic E-state index is -3.92. The molecule has 0 radical (unpaired) electrons. The Labute approximate surface area is 212 Å². The van der Waals surface area contributed by atoms with E-state index in [-0.39, 0.29) is 5.56 Å². The van der Waals surface area contributed by atoms with E-state index in [0.29, 0.717) is 12.8 Å². The highest BCUT2D eigenvalue weighted by Crippen LogP contribution is 2.44. The second-order valence-corrected chi connectivity index (χ2v) is 11.4. The average Bonchev–Trinajstić information content (AvgIpc) is 3.30. The Bertz CT molecular complexity index is 1700. The number of aryl methyl sites for hydroxylation is 1. The van der Waals surface area contributed by atoms with E-state index >= 15 is 0 Å². The number of hydrogen-bond acceptors (Lipinski definition) is 7. The van der Waals surface area contributed by atoms with E-state index < -0.39 is 10.1 Å². The Morgan fingerprint density at radius 1 is 1.06 bits per heavy atom. The molecule has 2 aromatic heterocycles. The Kier molecular flexibility index (Phi) is 7.18. The fourth-order valence-corrected chi connectivity index (χ4v) is 6.36. The zero-order valence-electron chi connectivity index (χ0n) is 19.8. The minimum Gasteiger partial charge on any atom is -0.748 e. The Morgan fingerprint density at radius 3 is 2.40 bits per heavy atom. The second kappa shape index (κ2) is 9.98. The molecule has 0 saturated heterocycles. The molecule has 0 saturated carbocycles. The van der Waals surface area contributed by atoms with Gasteiger partial charge in [0.1, 0.15) is 21.3 Å². The molecule has 0 aliphatic carbocycles. The number of hydrogen-bond donors (Lipinski definition) is 0. The molecule has 0 bridgehead atoms. The first kappa shape index (κ1) is 25.2. The van der Waals surface area contributed by atoms with Crippen LogP contribution in [0.3, 0.4) is 0 Å². The van der Waals surface area contributed by atoms with Crippen LogP contribution < -0.4 is 24.2 Å². The summed E-state index contributed by atoms with van der Waals surface area (Å²) in [4.78, 5) is 16.6. The van der Waals surface area contributed by atoms with Crippen molar-refractivity contribution in [2.45, 2.75) is 18.4 Å². The molecule has 0 spiro atoms. The number of thioether (sulfide) groups is 1. The predicted molar refractivity (Wildman–Crippen MR) is 142 cm³/mol. The fourth-order valence-electron chi connectivity index (χ4n) is 3.90. The summed E-state index contributed by atoms with van der Waals surface area (Å²) in [6.07, 6.45) is 2.73. The van der Waals surface area contributed by atoms with Crippen molar-refractivity contribution in [3.63, 3.8) is 0 Å². The van der Waals surface area contributed by atoms with Crippen molar-refractivity contribution < 1.29 is 17.5 Å². The second-order valence-electron chi connectivity index (χ2n) is 7.98. The summed E-state index contributed by atoms with van der Waals surface area (Å²) in [5, 5.41) is 2.21. The minimum absolute atomic E-state index is 0.0827. The highest BCUT2D eigenvalue weighted by atomic mass is 32.2. The summed E-state index contributed by atoms with van der Waals surface area (Å²) in [7, 11) is 0.194. The van der Waals surface area contributed by atoms with Gasteiger partial charge in [-0.3, -0.25) is 9.36 Å². The number of para-hydroxylation sites is 2. The number of aromatic nitrogens is 2. The molecule has 182 valence electrons. The summed E-state index contributed by atoms with van der Waals surface area (Å²) in [6, 6.07) is 20.9. The molecule has 1 aliphatic rings. The van der Waals surface area contributed by atoms with Crippen LogP contribution in [0.15, 0.2) is 70.4 Å². The van der Waals surface area contributed by atoms with Gasteiger partial charge in [0.05, 0.1) is 15.8 Å². The molecule has 10 heteroatoms. The molecule has 2 aromatic carbocycles. The van der Waals surface area contributed by atoms with Crippen LogP contribution in [0.2, 0.25) is 0 Å². The van der Waals surface area contributed by atoms with E-state index in [4.69, 9.17) is 13.0 Å². The van der Waals surface area contributed by atoms with Crippen molar-refractivity contribution in [1.82, 2.24) is 4.57 Å². The maximum absolute atomic E-state index is 13.3. The van der Waals surface area contributed by atoms with Crippen molar-refractivity contribution in [3.8, 4) is 0 Å². The molecule has 0 atom stereocenters. The average molecular weight is 528 g/mol. The normalized spacial score (nSPS) is 15.2. The van der Waals surface area contributed by atoms with Gasteiger partial charge < -0.3 is 9.45 Å². The predicted octanol–water partition coefficient (Wildman–Crippen LogP) is 2.21. The number of pyridine rings is 1. The number of rotatable bonds is 2. The van der Waals surface area contributed by atoms with Gasteiger partial charge in [-0.25, -0.2) is 8.42 Å². The number of fused-ring (bicyclic) bond motifs is 2. The lowest BCUT2D eigenvalue weighted by molar-refractivity contribution is -0.646. The standard InChI is InChI=1S/C24H22N3OS2.CH4O3S/c1-4-27-21(15-17-14-13-16-9-5-6-10-18(16)25(17)2)30-22(23(27)28)24-26(3)19-11-7-8-12-20(19)29-24;1-5(2,3)4/h5-15H,4H2,1-3H3;1H3,(H,2,3,4)/q+1;/p-1/b24-22+;. The number of nitrogens with zero attached hydrogens (tertiary/aromatic N) is 3. The van der Waals surface area contributed by atoms with Crippen molar-refractivity contribution in [2.75, 3.05) is 18.2 Å². The number of anilines is 1. The highest BCUT2D eigenvalue weighted by molar-refractivity contribution is 8.08. The van der Waals surface area contributed by atoms with Crippen LogP contribution in [0.25, 0.3) is 22.0 Å². The first-order chi connectivity index (χ1) is 16.6. The SMILES string of the molecule is CCn1c(=O)/c(=C2\Sc3ccccc3N2C)s/c1=C/c1ccc2ccccc2[n+]1C.CS(=O)(=O)[O-]. The molecule has 0 unspecified atom stereocenters. The Hall–Kier alpha value is -2.92. The summed E-state index contributed by atoms with van der Waals surface area (Å²) >= 11 is 3.25. The summed E-state index contributed by atoms with van der Waals surface area (Å²) in [5.74, 6) is 0. The van der Waals surface area contributed by atoms with Gasteiger partial charge in [0.2, 0.25) is 11.2 Å². The van der Waals surface area contributed by atoms with E-state index in [1.54, 1.807) is 23.1 Å². The third kappa shape index (κ3) is 5.35. The van der Waals surface area contributed by atoms with Crippen LogP contribution in [0, 0.1) is 0 Å². The van der Waals surface area contributed by atoms with Crippen LogP contribution in [-0.2, 0) is 23.7 Å². The topological polar surface area (TPSA) is 86.3 Å². The van der Waals surface area contributed by atoms with Crippen LogP contribution in [-0.4, -0.2) is 30.8 Å². The van der Waals surface area contributed by atoms with Gasteiger partial charge in [0, 0.05) is 48.3 Å². The van der Waals surface area contributed by atoms with Gasteiger partial charge in [0.25, 0.3) is 5.56 Å². The Balaban J connectivity index is 0.000000527. The molecule has 1 aliphatic heterocycles. The van der Waals surface area contributed by atoms with Crippen molar-refractivity contribution in [1.29, 1.82) is 0 Å². The van der Waals surface area contributed by atoms with Crippen molar-refractivity contribution >= 4 is 60.9 Å². The van der Waals surface area contributed by atoms with Gasteiger partial charge in [-0.2, -0.15) is 4.57 Å². The largest absolute Gasteiger partial charge is 0.748 e. The van der Waals surface area contributed by atoms with Gasteiger partial charge in [-0.15, -0.1) is 11.3 Å². The fraction of sp³-hybridized carbons (Fsp3) is 0.200. The molecule has 3 heterocycles. The maximum Gasteiger partial charge on any atom is 0.271 e. The third-order valence-electron chi connectivity index (χ3n) is 5.55. The molecular formula is C25H25N3O4S3. The van der Waals surface area contributed by atoms with Crippen LogP contribution >= 0.6 is 23.1 Å². The van der Waals surface area contributed by atoms with Gasteiger partial charge in [-0.05, 0) is 31.2 Å². The summed E-state index contributed by atoms with van der Waals surface area (Å²) in [5.41, 5.74) is 3.48. The molecule has 0 fully saturated rings. The summed E-state index contributed by atoms with van der Waals surface area (Å²) < 4.78 is 33.1.